The van der Waals surface area contributed by atoms with Crippen LogP contribution < -0.4 is 0 Å². The van der Waals surface area contributed by atoms with Gasteiger partial charge in [0, 0.05) is 30.2 Å². The third-order valence-electron chi connectivity index (χ3n) is 5.72. The Morgan fingerprint density at radius 3 is 2.75 bits per heavy atom. The minimum atomic E-state index is 0.209. The standard InChI is InChI=1S/C20H26N2O2/c1-20(2)8-7-17-16(12-20)15-6-5-14(23)11-18(15)22(17)13-19(24)21-9-3-4-10-21/h5-6,11,23H,3-4,7-10,12-13H2,1-2H3. The van der Waals surface area contributed by atoms with E-state index in [1.165, 1.54) is 16.6 Å². The molecule has 1 aromatic carbocycles. The first-order valence-electron chi connectivity index (χ1n) is 9.05. The predicted molar refractivity (Wildman–Crippen MR) is 95.2 cm³/mol. The topological polar surface area (TPSA) is 45.5 Å². The number of phenolic OH excluding ortho intramolecular Hbond substituents is 1. The minimum absolute atomic E-state index is 0.209. The molecule has 4 nitrogen and oxygen atoms in total. The Labute approximate surface area is 143 Å². The lowest BCUT2D eigenvalue weighted by Crippen LogP contribution is -2.32. The van der Waals surface area contributed by atoms with Crippen molar-refractivity contribution in [1.82, 2.24) is 9.47 Å². The van der Waals surface area contributed by atoms with Gasteiger partial charge in [0.15, 0.2) is 0 Å². The van der Waals surface area contributed by atoms with Gasteiger partial charge in [-0.15, -0.1) is 0 Å². The van der Waals surface area contributed by atoms with Crippen LogP contribution in [0.25, 0.3) is 10.9 Å². The molecule has 1 fully saturated rings. The van der Waals surface area contributed by atoms with E-state index < -0.39 is 0 Å². The number of carbonyl (C=O) groups excluding carboxylic acids is 1. The molecule has 1 aliphatic carbocycles. The zero-order valence-corrected chi connectivity index (χ0v) is 14.6. The van der Waals surface area contributed by atoms with Gasteiger partial charge in [-0.05, 0) is 55.2 Å². The summed E-state index contributed by atoms with van der Waals surface area (Å²) in [4.78, 5) is 14.7. The van der Waals surface area contributed by atoms with Crippen LogP contribution in [0.2, 0.25) is 0 Å². The van der Waals surface area contributed by atoms with Crippen molar-refractivity contribution < 1.29 is 9.90 Å². The van der Waals surface area contributed by atoms with Gasteiger partial charge in [-0.1, -0.05) is 13.8 Å². The third kappa shape index (κ3) is 2.58. The zero-order valence-electron chi connectivity index (χ0n) is 14.6. The van der Waals surface area contributed by atoms with Gasteiger partial charge in [0.2, 0.25) is 5.91 Å². The van der Waals surface area contributed by atoms with E-state index in [1.807, 2.05) is 17.0 Å². The molecule has 1 N–H and O–H groups in total. The van der Waals surface area contributed by atoms with Gasteiger partial charge in [0.25, 0.3) is 0 Å². The number of hydrogen-bond donors (Lipinski definition) is 1. The molecule has 0 spiro atoms. The summed E-state index contributed by atoms with van der Waals surface area (Å²) in [6.07, 6.45) is 5.41. The largest absolute Gasteiger partial charge is 0.508 e. The summed E-state index contributed by atoms with van der Waals surface area (Å²) < 4.78 is 2.17. The van der Waals surface area contributed by atoms with Crippen molar-refractivity contribution in [2.45, 2.75) is 52.5 Å². The molecule has 1 saturated heterocycles. The maximum atomic E-state index is 12.7. The molecule has 0 unspecified atom stereocenters. The molecule has 0 radical (unpaired) electrons. The van der Waals surface area contributed by atoms with Crippen LogP contribution in [-0.4, -0.2) is 33.6 Å². The normalized spacial score (nSPS) is 19.7. The number of aromatic hydroxyl groups is 1. The van der Waals surface area contributed by atoms with Crippen LogP contribution in [0.4, 0.5) is 0 Å². The summed E-state index contributed by atoms with van der Waals surface area (Å²) in [6, 6.07) is 5.59. The van der Waals surface area contributed by atoms with Crippen LogP contribution in [0, 0.1) is 5.41 Å². The number of aromatic nitrogens is 1. The second kappa shape index (κ2) is 5.54. The molecule has 0 bridgehead atoms. The van der Waals surface area contributed by atoms with Gasteiger partial charge < -0.3 is 14.6 Å². The van der Waals surface area contributed by atoms with Crippen LogP contribution in [0.3, 0.4) is 0 Å². The number of fused-ring (bicyclic) bond motifs is 3. The van der Waals surface area contributed by atoms with Crippen molar-refractivity contribution in [3.05, 3.63) is 29.5 Å². The monoisotopic (exact) mass is 326 g/mol. The van der Waals surface area contributed by atoms with Crippen molar-refractivity contribution >= 4 is 16.8 Å². The van der Waals surface area contributed by atoms with Gasteiger partial charge >= 0.3 is 0 Å². The lowest BCUT2D eigenvalue weighted by molar-refractivity contribution is -0.130. The van der Waals surface area contributed by atoms with Gasteiger partial charge in [-0.2, -0.15) is 0 Å². The third-order valence-corrected chi connectivity index (χ3v) is 5.72. The van der Waals surface area contributed by atoms with E-state index in [1.54, 1.807) is 6.07 Å². The maximum absolute atomic E-state index is 12.7. The number of amides is 1. The van der Waals surface area contributed by atoms with E-state index in [9.17, 15) is 9.90 Å². The van der Waals surface area contributed by atoms with E-state index in [-0.39, 0.29) is 11.7 Å². The fourth-order valence-electron chi connectivity index (χ4n) is 4.35. The summed E-state index contributed by atoms with van der Waals surface area (Å²) in [6.45, 7) is 6.80. The van der Waals surface area contributed by atoms with Crippen LogP contribution in [0.5, 0.6) is 5.75 Å². The summed E-state index contributed by atoms with van der Waals surface area (Å²) >= 11 is 0. The number of phenols is 1. The fraction of sp³-hybridized carbons (Fsp3) is 0.550. The van der Waals surface area contributed by atoms with Crippen LogP contribution in [-0.2, 0) is 24.2 Å². The van der Waals surface area contributed by atoms with Crippen molar-refractivity contribution in [3.8, 4) is 5.75 Å². The molecule has 1 amide bonds. The smallest absolute Gasteiger partial charge is 0.242 e. The molecule has 2 heterocycles. The van der Waals surface area contributed by atoms with E-state index >= 15 is 0 Å². The van der Waals surface area contributed by atoms with Gasteiger partial charge in [0.05, 0.1) is 5.52 Å². The van der Waals surface area contributed by atoms with Crippen LogP contribution in [0.15, 0.2) is 18.2 Å². The Morgan fingerprint density at radius 1 is 1.25 bits per heavy atom. The molecule has 24 heavy (non-hydrogen) atoms. The highest BCUT2D eigenvalue weighted by atomic mass is 16.3. The van der Waals surface area contributed by atoms with Crippen LogP contribution >= 0.6 is 0 Å². The molecule has 1 aromatic heterocycles. The highest BCUT2D eigenvalue weighted by molar-refractivity contribution is 5.89. The molecular weight excluding hydrogens is 300 g/mol. The number of likely N-dealkylation sites (tertiary alicyclic amines) is 1. The van der Waals surface area contributed by atoms with Crippen molar-refractivity contribution in [1.29, 1.82) is 0 Å². The van der Waals surface area contributed by atoms with E-state index in [0.717, 1.165) is 50.7 Å². The van der Waals surface area contributed by atoms with Gasteiger partial charge in [-0.3, -0.25) is 4.79 Å². The molecule has 128 valence electrons. The molecule has 4 heteroatoms. The summed E-state index contributed by atoms with van der Waals surface area (Å²) in [5.74, 6) is 0.479. The van der Waals surface area contributed by atoms with Crippen molar-refractivity contribution in [3.63, 3.8) is 0 Å². The lowest BCUT2D eigenvalue weighted by Gasteiger charge is -2.30. The number of hydrogen-bond acceptors (Lipinski definition) is 2. The molecule has 1 aliphatic heterocycles. The minimum Gasteiger partial charge on any atom is -0.508 e. The quantitative estimate of drug-likeness (QED) is 0.918. The number of benzene rings is 1. The van der Waals surface area contributed by atoms with E-state index in [0.29, 0.717) is 12.0 Å². The Bertz CT molecular complexity index is 798. The maximum Gasteiger partial charge on any atom is 0.242 e. The Balaban J connectivity index is 1.79. The Kier molecular flexibility index (Phi) is 3.59. The van der Waals surface area contributed by atoms with Crippen molar-refractivity contribution in [2.75, 3.05) is 13.1 Å². The first kappa shape index (κ1) is 15.6. The summed E-state index contributed by atoms with van der Waals surface area (Å²) in [7, 11) is 0. The zero-order chi connectivity index (χ0) is 16.9. The van der Waals surface area contributed by atoms with Gasteiger partial charge in [0.1, 0.15) is 12.3 Å². The fourth-order valence-corrected chi connectivity index (χ4v) is 4.35. The Morgan fingerprint density at radius 2 is 2.00 bits per heavy atom. The van der Waals surface area contributed by atoms with E-state index in [4.69, 9.17) is 0 Å². The number of carbonyl (C=O) groups is 1. The van der Waals surface area contributed by atoms with E-state index in [2.05, 4.69) is 18.4 Å². The predicted octanol–water partition coefficient (Wildman–Crippen LogP) is 3.48. The molecule has 4 rings (SSSR count). The second-order valence-electron chi connectivity index (χ2n) is 8.14. The first-order valence-corrected chi connectivity index (χ1v) is 9.05. The van der Waals surface area contributed by atoms with Crippen molar-refractivity contribution in [2.24, 2.45) is 5.41 Å². The molecule has 0 atom stereocenters. The summed E-state index contributed by atoms with van der Waals surface area (Å²) in [5.41, 5.74) is 3.96. The number of rotatable bonds is 2. The molecule has 0 saturated carbocycles. The molecule has 2 aliphatic rings. The van der Waals surface area contributed by atoms with Gasteiger partial charge in [-0.25, -0.2) is 0 Å². The average Bonchev–Trinajstić information content (AvgIpc) is 3.14. The lowest BCUT2D eigenvalue weighted by atomic mass is 9.76. The highest BCUT2D eigenvalue weighted by Crippen LogP contribution is 2.40. The SMILES string of the molecule is CC1(C)CCc2c(c3ccc(O)cc3n2CC(=O)N2CCCC2)C1. The first-order chi connectivity index (χ1) is 11.4. The van der Waals surface area contributed by atoms with Crippen LogP contribution in [0.1, 0.15) is 44.4 Å². The molecular formula is C20H26N2O2. The Hall–Kier alpha value is -1.97. The summed E-state index contributed by atoms with van der Waals surface area (Å²) in [5, 5.41) is 11.2. The number of nitrogens with zero attached hydrogens (tertiary/aromatic N) is 2. The average molecular weight is 326 g/mol. The second-order valence-corrected chi connectivity index (χ2v) is 8.14. The molecule has 2 aromatic rings. The highest BCUT2D eigenvalue weighted by Gasteiger charge is 2.31.